The van der Waals surface area contributed by atoms with Crippen molar-refractivity contribution in [2.75, 3.05) is 12.8 Å². The van der Waals surface area contributed by atoms with Gasteiger partial charge < -0.3 is 15.1 Å². The lowest BCUT2D eigenvalue weighted by molar-refractivity contribution is -0.153. The van der Waals surface area contributed by atoms with E-state index in [4.69, 9.17) is 5.11 Å². The molecule has 1 amide bonds. The zero-order chi connectivity index (χ0) is 26.7. The van der Waals surface area contributed by atoms with Gasteiger partial charge in [-0.15, -0.1) is 11.8 Å². The molecule has 0 saturated heterocycles. The van der Waals surface area contributed by atoms with Crippen LogP contribution in [0.5, 0.6) is 0 Å². The second-order valence-corrected chi connectivity index (χ2v) is 10.2. The molecule has 37 heavy (non-hydrogen) atoms. The number of hydrogen-bond acceptors (Lipinski definition) is 4. The molecule has 0 aliphatic rings. The van der Waals surface area contributed by atoms with Gasteiger partial charge in [0.2, 0.25) is 5.91 Å². The third-order valence-electron chi connectivity index (χ3n) is 6.41. The molecule has 0 heterocycles. The second-order valence-electron chi connectivity index (χ2n) is 8.89. The van der Waals surface area contributed by atoms with Crippen LogP contribution in [0.2, 0.25) is 0 Å². The van der Waals surface area contributed by atoms with E-state index < -0.39 is 24.4 Å². The Morgan fingerprint density at radius 2 is 1.22 bits per heavy atom. The third-order valence-corrected chi connectivity index (χ3v) is 8.04. The molecule has 0 aromatic heterocycles. The monoisotopic (exact) mass is 519 g/mol. The third kappa shape index (κ3) is 7.23. The molecule has 0 radical (unpaired) electrons. The molecule has 1 atom stereocenters. The van der Waals surface area contributed by atoms with E-state index in [0.29, 0.717) is 6.42 Å². The number of aliphatic carboxylic acids is 2. The predicted molar refractivity (Wildman–Crippen MR) is 147 cm³/mol. The van der Waals surface area contributed by atoms with Crippen molar-refractivity contribution in [3.63, 3.8) is 0 Å². The second kappa shape index (κ2) is 13.7. The van der Waals surface area contributed by atoms with E-state index in [2.05, 4.69) is 72.8 Å². The zero-order valence-electron chi connectivity index (χ0n) is 21.0. The van der Waals surface area contributed by atoms with Crippen molar-refractivity contribution < 1.29 is 24.6 Å². The Labute approximate surface area is 222 Å². The summed E-state index contributed by atoms with van der Waals surface area (Å²) in [5, 5.41) is 18.2. The summed E-state index contributed by atoms with van der Waals surface area (Å²) in [6, 6.07) is 30.1. The molecule has 0 unspecified atom stereocenters. The molecule has 3 aromatic rings. The van der Waals surface area contributed by atoms with Gasteiger partial charge in [-0.1, -0.05) is 97.4 Å². The molecule has 0 aliphatic carbocycles. The van der Waals surface area contributed by atoms with Gasteiger partial charge in [0.15, 0.2) is 0 Å². The van der Waals surface area contributed by atoms with E-state index in [0.717, 1.165) is 23.5 Å². The number of carbonyl (C=O) groups is 3. The first kappa shape index (κ1) is 28.0. The van der Waals surface area contributed by atoms with Crippen LogP contribution < -0.4 is 0 Å². The first-order valence-electron chi connectivity index (χ1n) is 12.4. The fraction of sp³-hybridized carbons (Fsp3) is 0.300. The Bertz CT molecular complexity index is 1060. The zero-order valence-corrected chi connectivity index (χ0v) is 21.8. The Balaban J connectivity index is 1.68. The summed E-state index contributed by atoms with van der Waals surface area (Å²) in [6.07, 6.45) is 1.86. The van der Waals surface area contributed by atoms with E-state index in [1.165, 1.54) is 23.7 Å². The summed E-state index contributed by atoms with van der Waals surface area (Å²) in [5.41, 5.74) is 3.60. The van der Waals surface area contributed by atoms with E-state index in [9.17, 15) is 19.5 Å². The van der Waals surface area contributed by atoms with E-state index in [1.807, 2.05) is 30.0 Å². The number of likely N-dealkylation sites (N-methyl/N-ethyl adjacent to an activating group) is 1. The number of nitrogens with zero attached hydrogens (tertiary/aromatic N) is 1. The van der Waals surface area contributed by atoms with Crippen molar-refractivity contribution in [1.29, 1.82) is 0 Å². The minimum atomic E-state index is -1.36. The average molecular weight is 520 g/mol. The molecule has 0 bridgehead atoms. The molecule has 0 spiro atoms. The molecular weight excluding hydrogens is 486 g/mol. The summed E-state index contributed by atoms with van der Waals surface area (Å²) in [5.74, 6) is -2.05. The molecule has 6 nitrogen and oxygen atoms in total. The van der Waals surface area contributed by atoms with E-state index in [1.54, 1.807) is 0 Å². The first-order chi connectivity index (χ1) is 17.9. The average Bonchev–Trinajstić information content (AvgIpc) is 2.92. The van der Waals surface area contributed by atoms with Crippen LogP contribution >= 0.6 is 11.8 Å². The number of carboxylic acid groups (broad SMARTS) is 2. The highest BCUT2D eigenvalue weighted by atomic mass is 32.2. The molecule has 7 heteroatoms. The van der Waals surface area contributed by atoms with Crippen LogP contribution in [0.1, 0.15) is 48.8 Å². The maximum atomic E-state index is 12.5. The lowest BCUT2D eigenvalue weighted by Crippen LogP contribution is -2.43. The smallest absolute Gasteiger partial charge is 0.327 e. The summed E-state index contributed by atoms with van der Waals surface area (Å²) in [6.45, 7) is 0. The highest BCUT2D eigenvalue weighted by molar-refractivity contribution is 8.00. The SMILES string of the molecule is CN(C(=O)CCCCCSC(c1ccccc1)(c1ccccc1)c1ccccc1)[C@@H](CC(=O)O)C(=O)O. The van der Waals surface area contributed by atoms with Crippen molar-refractivity contribution in [1.82, 2.24) is 4.90 Å². The van der Waals surface area contributed by atoms with Crippen LogP contribution in [0.4, 0.5) is 0 Å². The number of carboxylic acids is 2. The van der Waals surface area contributed by atoms with Crippen molar-refractivity contribution in [3.8, 4) is 0 Å². The standard InChI is InChI=1S/C30H33NO5S/c1-31(26(29(35)36)22-28(33)34)27(32)20-12-5-13-21-37-30(23-14-6-2-7-15-23,24-16-8-3-9-17-24)25-18-10-4-11-19-25/h2-4,6-11,14-19,26H,5,12-13,20-22H2,1H3,(H,33,34)(H,35,36)/t26-/m0/s1. The largest absolute Gasteiger partial charge is 0.481 e. The van der Waals surface area contributed by atoms with Crippen molar-refractivity contribution >= 4 is 29.6 Å². The molecule has 0 aliphatic heterocycles. The predicted octanol–water partition coefficient (Wildman–Crippen LogP) is 5.66. The lowest BCUT2D eigenvalue weighted by atomic mass is 9.84. The van der Waals surface area contributed by atoms with Crippen LogP contribution in [-0.2, 0) is 19.1 Å². The number of rotatable bonds is 14. The molecule has 0 fully saturated rings. The van der Waals surface area contributed by atoms with Gasteiger partial charge in [0.25, 0.3) is 0 Å². The maximum absolute atomic E-state index is 12.5. The quantitative estimate of drug-likeness (QED) is 0.211. The van der Waals surface area contributed by atoms with Gasteiger partial charge in [-0.2, -0.15) is 0 Å². The van der Waals surface area contributed by atoms with Gasteiger partial charge in [0.1, 0.15) is 6.04 Å². The minimum Gasteiger partial charge on any atom is -0.481 e. The maximum Gasteiger partial charge on any atom is 0.327 e. The normalized spacial score (nSPS) is 12.0. The number of hydrogen-bond donors (Lipinski definition) is 2. The van der Waals surface area contributed by atoms with Crippen LogP contribution in [0.15, 0.2) is 91.0 Å². The van der Waals surface area contributed by atoms with Gasteiger partial charge in [-0.3, -0.25) is 9.59 Å². The molecule has 3 rings (SSSR count). The molecular formula is C30H33NO5S. The minimum absolute atomic E-state index is 0.186. The molecule has 3 aromatic carbocycles. The van der Waals surface area contributed by atoms with Gasteiger partial charge in [-0.05, 0) is 35.3 Å². The number of benzene rings is 3. The topological polar surface area (TPSA) is 94.9 Å². The Kier molecular flexibility index (Phi) is 10.3. The number of unbranched alkanes of at least 4 members (excludes halogenated alkanes) is 2. The molecule has 2 N–H and O–H groups in total. The Morgan fingerprint density at radius 3 is 1.62 bits per heavy atom. The molecule has 0 saturated carbocycles. The Morgan fingerprint density at radius 1 is 0.757 bits per heavy atom. The highest BCUT2D eigenvalue weighted by Crippen LogP contribution is 2.48. The first-order valence-corrected chi connectivity index (χ1v) is 13.4. The number of amides is 1. The fourth-order valence-electron chi connectivity index (χ4n) is 4.45. The van der Waals surface area contributed by atoms with Gasteiger partial charge in [0, 0.05) is 13.5 Å². The van der Waals surface area contributed by atoms with E-state index in [-0.39, 0.29) is 17.1 Å². The summed E-state index contributed by atoms with van der Waals surface area (Å²) >= 11 is 1.87. The van der Waals surface area contributed by atoms with E-state index >= 15 is 0 Å². The van der Waals surface area contributed by atoms with Gasteiger partial charge >= 0.3 is 11.9 Å². The van der Waals surface area contributed by atoms with Gasteiger partial charge in [-0.25, -0.2) is 4.79 Å². The summed E-state index contributed by atoms with van der Waals surface area (Å²) in [4.78, 5) is 35.9. The van der Waals surface area contributed by atoms with Crippen LogP contribution in [-0.4, -0.2) is 51.8 Å². The number of carbonyl (C=O) groups excluding carboxylic acids is 1. The van der Waals surface area contributed by atoms with Crippen molar-refractivity contribution in [2.24, 2.45) is 0 Å². The van der Waals surface area contributed by atoms with Crippen LogP contribution in [0, 0.1) is 0 Å². The van der Waals surface area contributed by atoms with Gasteiger partial charge in [0.05, 0.1) is 11.2 Å². The summed E-state index contributed by atoms with van der Waals surface area (Å²) < 4.78 is -0.384. The lowest BCUT2D eigenvalue weighted by Gasteiger charge is -2.35. The fourth-order valence-corrected chi connectivity index (χ4v) is 6.02. The van der Waals surface area contributed by atoms with Crippen LogP contribution in [0.3, 0.4) is 0 Å². The summed E-state index contributed by atoms with van der Waals surface area (Å²) in [7, 11) is 1.36. The Hall–Kier alpha value is -3.58. The van der Waals surface area contributed by atoms with Crippen molar-refractivity contribution in [2.45, 2.75) is 42.9 Å². The number of thioether (sulfide) groups is 1. The molecule has 194 valence electrons. The van der Waals surface area contributed by atoms with Crippen molar-refractivity contribution in [3.05, 3.63) is 108 Å². The van der Waals surface area contributed by atoms with Crippen LogP contribution in [0.25, 0.3) is 0 Å². The highest BCUT2D eigenvalue weighted by Gasteiger charge is 2.36.